The fourth-order valence-electron chi connectivity index (χ4n) is 1.46. The van der Waals surface area contributed by atoms with Crippen LogP contribution in [0.5, 0.6) is 0 Å². The van der Waals surface area contributed by atoms with E-state index >= 15 is 0 Å². The smallest absolute Gasteiger partial charge is 0.0431 e. The lowest BCUT2D eigenvalue weighted by Crippen LogP contribution is -2.04. The molecule has 2 nitrogen and oxygen atoms in total. The first-order valence-corrected chi connectivity index (χ1v) is 5.31. The maximum atomic E-state index is 8.64. The highest BCUT2D eigenvalue weighted by molar-refractivity contribution is 5.50. The Morgan fingerprint density at radius 3 is 2.71 bits per heavy atom. The highest BCUT2D eigenvalue weighted by atomic mass is 16.2. The molecule has 1 aromatic carbocycles. The molecule has 0 fully saturated rings. The second kappa shape index (κ2) is 6.44. The summed E-state index contributed by atoms with van der Waals surface area (Å²) >= 11 is 0. The van der Waals surface area contributed by atoms with Gasteiger partial charge in [0.1, 0.15) is 0 Å². The van der Waals surface area contributed by atoms with Crippen LogP contribution in [0.1, 0.15) is 25.3 Å². The zero-order valence-corrected chi connectivity index (χ0v) is 8.79. The fraction of sp³-hybridized carbons (Fsp3) is 0.500. The molecule has 0 atom stereocenters. The van der Waals surface area contributed by atoms with E-state index in [2.05, 4.69) is 30.4 Å². The van der Waals surface area contributed by atoms with E-state index < -0.39 is 0 Å². The van der Waals surface area contributed by atoms with Crippen molar-refractivity contribution in [1.82, 2.24) is 0 Å². The summed E-state index contributed by atoms with van der Waals surface area (Å²) in [6.07, 6.45) is 2.96. The summed E-state index contributed by atoms with van der Waals surface area (Å²) in [6.45, 7) is 3.39. The van der Waals surface area contributed by atoms with Crippen LogP contribution in [-0.4, -0.2) is 18.3 Å². The van der Waals surface area contributed by atoms with Crippen LogP contribution in [0, 0.1) is 0 Å². The lowest BCUT2D eigenvalue weighted by atomic mass is 10.1. The average molecular weight is 193 g/mol. The van der Waals surface area contributed by atoms with E-state index in [0.29, 0.717) is 0 Å². The maximum absolute atomic E-state index is 8.64. The minimum absolute atomic E-state index is 0.289. The molecule has 0 aliphatic heterocycles. The SMILES string of the molecule is CCc1ccccc1NCCCCO. The van der Waals surface area contributed by atoms with Gasteiger partial charge >= 0.3 is 0 Å². The van der Waals surface area contributed by atoms with Crippen molar-refractivity contribution in [3.8, 4) is 0 Å². The first-order chi connectivity index (χ1) is 6.88. The minimum atomic E-state index is 0.289. The van der Waals surface area contributed by atoms with Gasteiger partial charge in [-0.2, -0.15) is 0 Å². The Hall–Kier alpha value is -1.02. The third-order valence-corrected chi connectivity index (χ3v) is 2.30. The normalized spacial score (nSPS) is 10.1. The number of aryl methyl sites for hydroxylation is 1. The van der Waals surface area contributed by atoms with Crippen molar-refractivity contribution in [2.24, 2.45) is 0 Å². The van der Waals surface area contributed by atoms with Gasteiger partial charge in [-0.25, -0.2) is 0 Å². The number of nitrogens with one attached hydrogen (secondary N) is 1. The highest BCUT2D eigenvalue weighted by Gasteiger charge is 1.97. The van der Waals surface area contributed by atoms with Crippen molar-refractivity contribution in [2.45, 2.75) is 26.2 Å². The van der Waals surface area contributed by atoms with Crippen LogP contribution in [0.25, 0.3) is 0 Å². The molecule has 0 spiro atoms. The number of hydrogen-bond acceptors (Lipinski definition) is 2. The molecule has 78 valence electrons. The van der Waals surface area contributed by atoms with Crippen LogP contribution in [0.2, 0.25) is 0 Å². The monoisotopic (exact) mass is 193 g/mol. The van der Waals surface area contributed by atoms with Crippen molar-refractivity contribution in [3.63, 3.8) is 0 Å². The Kier molecular flexibility index (Phi) is 5.08. The largest absolute Gasteiger partial charge is 0.396 e. The van der Waals surface area contributed by atoms with Crippen LogP contribution >= 0.6 is 0 Å². The molecule has 0 aliphatic carbocycles. The average Bonchev–Trinajstić information content (AvgIpc) is 2.25. The molecule has 0 amide bonds. The van der Waals surface area contributed by atoms with E-state index in [1.165, 1.54) is 11.3 Å². The maximum Gasteiger partial charge on any atom is 0.0431 e. The van der Waals surface area contributed by atoms with Gasteiger partial charge in [-0.05, 0) is 30.9 Å². The Morgan fingerprint density at radius 1 is 1.21 bits per heavy atom. The molecule has 0 bridgehead atoms. The standard InChI is InChI=1S/C12H19NO/c1-2-11-7-3-4-8-12(11)13-9-5-6-10-14/h3-4,7-8,13-14H,2,5-6,9-10H2,1H3. The molecular formula is C12H19NO. The molecule has 0 unspecified atom stereocenters. The Bertz CT molecular complexity index is 260. The van der Waals surface area contributed by atoms with Crippen molar-refractivity contribution in [2.75, 3.05) is 18.5 Å². The Morgan fingerprint density at radius 2 is 2.00 bits per heavy atom. The molecule has 0 saturated carbocycles. The third-order valence-electron chi connectivity index (χ3n) is 2.30. The van der Waals surface area contributed by atoms with Gasteiger partial charge in [0.25, 0.3) is 0 Å². The quantitative estimate of drug-likeness (QED) is 0.680. The molecule has 14 heavy (non-hydrogen) atoms. The third kappa shape index (κ3) is 3.38. The predicted molar refractivity (Wildman–Crippen MR) is 60.6 cm³/mol. The van der Waals surface area contributed by atoms with E-state index in [0.717, 1.165) is 25.8 Å². The van der Waals surface area contributed by atoms with E-state index in [9.17, 15) is 0 Å². The summed E-state index contributed by atoms with van der Waals surface area (Å²) in [5.41, 5.74) is 2.59. The lowest BCUT2D eigenvalue weighted by Gasteiger charge is -2.09. The molecule has 2 heteroatoms. The molecule has 0 radical (unpaired) electrons. The van der Waals surface area contributed by atoms with Gasteiger partial charge in [0.15, 0.2) is 0 Å². The second-order valence-corrected chi connectivity index (χ2v) is 3.37. The van der Waals surface area contributed by atoms with Crippen LogP contribution in [0.15, 0.2) is 24.3 Å². The number of unbranched alkanes of at least 4 members (excludes halogenated alkanes) is 1. The van der Waals surface area contributed by atoms with Crippen molar-refractivity contribution >= 4 is 5.69 Å². The van der Waals surface area contributed by atoms with E-state index in [1.54, 1.807) is 0 Å². The summed E-state index contributed by atoms with van der Waals surface area (Å²) < 4.78 is 0. The molecule has 0 aromatic heterocycles. The van der Waals surface area contributed by atoms with Crippen LogP contribution in [0.4, 0.5) is 5.69 Å². The molecule has 1 rings (SSSR count). The Balaban J connectivity index is 2.41. The van der Waals surface area contributed by atoms with Gasteiger partial charge < -0.3 is 10.4 Å². The van der Waals surface area contributed by atoms with Crippen molar-refractivity contribution < 1.29 is 5.11 Å². The van der Waals surface area contributed by atoms with Gasteiger partial charge in [-0.3, -0.25) is 0 Å². The Labute approximate surface area is 86.0 Å². The molecule has 0 aliphatic rings. The number of para-hydroxylation sites is 1. The molecular weight excluding hydrogens is 174 g/mol. The van der Waals surface area contributed by atoms with E-state index in [1.807, 2.05) is 6.07 Å². The zero-order chi connectivity index (χ0) is 10.2. The molecule has 0 saturated heterocycles. The first-order valence-electron chi connectivity index (χ1n) is 5.31. The van der Waals surface area contributed by atoms with Crippen molar-refractivity contribution in [3.05, 3.63) is 29.8 Å². The first kappa shape index (κ1) is 11.1. The summed E-state index contributed by atoms with van der Waals surface area (Å²) in [5.74, 6) is 0. The van der Waals surface area contributed by atoms with E-state index in [4.69, 9.17) is 5.11 Å². The van der Waals surface area contributed by atoms with Crippen LogP contribution < -0.4 is 5.32 Å². The number of anilines is 1. The number of aliphatic hydroxyl groups is 1. The van der Waals surface area contributed by atoms with Crippen LogP contribution in [0.3, 0.4) is 0 Å². The summed E-state index contributed by atoms with van der Waals surface area (Å²) in [4.78, 5) is 0. The van der Waals surface area contributed by atoms with Gasteiger partial charge in [0.2, 0.25) is 0 Å². The molecule has 2 N–H and O–H groups in total. The predicted octanol–water partition coefficient (Wildman–Crippen LogP) is 2.43. The number of hydrogen-bond donors (Lipinski definition) is 2. The van der Waals surface area contributed by atoms with Gasteiger partial charge in [0.05, 0.1) is 0 Å². The lowest BCUT2D eigenvalue weighted by molar-refractivity contribution is 0.286. The van der Waals surface area contributed by atoms with Gasteiger partial charge in [-0.1, -0.05) is 25.1 Å². The molecule has 1 aromatic rings. The summed E-state index contributed by atoms with van der Waals surface area (Å²) in [5, 5.41) is 12.0. The number of benzene rings is 1. The van der Waals surface area contributed by atoms with Crippen molar-refractivity contribution in [1.29, 1.82) is 0 Å². The second-order valence-electron chi connectivity index (χ2n) is 3.37. The summed E-state index contributed by atoms with van der Waals surface area (Å²) in [6, 6.07) is 8.37. The molecule has 0 heterocycles. The zero-order valence-electron chi connectivity index (χ0n) is 8.79. The topological polar surface area (TPSA) is 32.3 Å². The van der Waals surface area contributed by atoms with Gasteiger partial charge in [-0.15, -0.1) is 0 Å². The highest BCUT2D eigenvalue weighted by Crippen LogP contribution is 2.15. The minimum Gasteiger partial charge on any atom is -0.396 e. The fourth-order valence-corrected chi connectivity index (χ4v) is 1.46. The van der Waals surface area contributed by atoms with Gasteiger partial charge in [0, 0.05) is 18.8 Å². The number of rotatable bonds is 6. The summed E-state index contributed by atoms with van der Waals surface area (Å²) in [7, 11) is 0. The van der Waals surface area contributed by atoms with E-state index in [-0.39, 0.29) is 6.61 Å². The number of aliphatic hydroxyl groups excluding tert-OH is 1. The van der Waals surface area contributed by atoms with Crippen LogP contribution in [-0.2, 0) is 6.42 Å².